The standard InChI is InChI=1S/C28H20F2Se/c29-25-13-5-21(6-14-25)1-3-23-9-17-27(18-10-23)31-28-19-11-24(12-20-28)4-2-22-7-15-26(30)16-8-22/h1-20H/b3-1+,4-2+. The van der Waals surface area contributed by atoms with E-state index >= 15 is 0 Å². The Hall–Kier alpha value is -3.26. The summed E-state index contributed by atoms with van der Waals surface area (Å²) >= 11 is 0.235. The molecule has 0 atom stereocenters. The van der Waals surface area contributed by atoms with Crippen LogP contribution in [0.4, 0.5) is 8.78 Å². The van der Waals surface area contributed by atoms with E-state index in [1.54, 1.807) is 24.3 Å². The van der Waals surface area contributed by atoms with Crippen LogP contribution in [0.25, 0.3) is 24.3 Å². The molecule has 0 spiro atoms. The van der Waals surface area contributed by atoms with E-state index in [9.17, 15) is 8.78 Å². The van der Waals surface area contributed by atoms with Crippen LogP contribution in [-0.4, -0.2) is 15.0 Å². The van der Waals surface area contributed by atoms with E-state index in [0.717, 1.165) is 22.3 Å². The molecule has 4 rings (SSSR count). The van der Waals surface area contributed by atoms with E-state index in [4.69, 9.17) is 0 Å². The molecule has 152 valence electrons. The minimum absolute atomic E-state index is 0.222. The molecule has 4 aromatic rings. The van der Waals surface area contributed by atoms with E-state index in [-0.39, 0.29) is 26.6 Å². The van der Waals surface area contributed by atoms with Gasteiger partial charge in [-0.1, -0.05) is 0 Å². The molecule has 0 fully saturated rings. The van der Waals surface area contributed by atoms with Gasteiger partial charge in [-0.2, -0.15) is 0 Å². The van der Waals surface area contributed by atoms with E-state index in [1.165, 1.54) is 33.2 Å². The topological polar surface area (TPSA) is 0 Å². The molecule has 0 N–H and O–H groups in total. The Morgan fingerprint density at radius 3 is 0.935 bits per heavy atom. The molecule has 0 saturated carbocycles. The Bertz CT molecular complexity index is 1070. The van der Waals surface area contributed by atoms with Crippen LogP contribution in [0.15, 0.2) is 97.1 Å². The summed E-state index contributed by atoms with van der Waals surface area (Å²) in [6, 6.07) is 30.0. The number of hydrogen-bond acceptors (Lipinski definition) is 0. The van der Waals surface area contributed by atoms with Crippen LogP contribution in [0.1, 0.15) is 22.3 Å². The maximum absolute atomic E-state index is 13.0. The van der Waals surface area contributed by atoms with Crippen LogP contribution < -0.4 is 8.92 Å². The Labute approximate surface area is 187 Å². The van der Waals surface area contributed by atoms with Gasteiger partial charge in [0, 0.05) is 0 Å². The van der Waals surface area contributed by atoms with Crippen LogP contribution in [-0.2, 0) is 0 Å². The summed E-state index contributed by atoms with van der Waals surface area (Å²) < 4.78 is 28.6. The molecule has 31 heavy (non-hydrogen) atoms. The molecule has 0 nitrogen and oxygen atoms in total. The predicted molar refractivity (Wildman–Crippen MR) is 129 cm³/mol. The minimum atomic E-state index is -0.222. The maximum atomic E-state index is 13.0. The van der Waals surface area contributed by atoms with Crippen molar-refractivity contribution < 1.29 is 8.78 Å². The van der Waals surface area contributed by atoms with Crippen molar-refractivity contribution >= 4 is 48.2 Å². The van der Waals surface area contributed by atoms with Crippen molar-refractivity contribution in [2.24, 2.45) is 0 Å². The third-order valence-corrected chi connectivity index (χ3v) is 6.80. The number of rotatable bonds is 6. The van der Waals surface area contributed by atoms with Gasteiger partial charge in [0.1, 0.15) is 0 Å². The van der Waals surface area contributed by atoms with Crippen LogP contribution in [0.2, 0.25) is 0 Å². The van der Waals surface area contributed by atoms with Crippen molar-refractivity contribution in [3.05, 3.63) is 131 Å². The van der Waals surface area contributed by atoms with Crippen LogP contribution >= 0.6 is 0 Å². The van der Waals surface area contributed by atoms with Gasteiger partial charge in [-0.3, -0.25) is 0 Å². The predicted octanol–water partition coefficient (Wildman–Crippen LogP) is 5.96. The third kappa shape index (κ3) is 6.36. The third-order valence-electron chi connectivity index (χ3n) is 4.67. The van der Waals surface area contributed by atoms with Crippen molar-refractivity contribution in [2.45, 2.75) is 0 Å². The SMILES string of the molecule is Fc1ccc(/C=C/c2ccc([Se]c3ccc(/C=C/c4ccc(F)cc4)cc3)cc2)cc1. The fourth-order valence-corrected chi connectivity index (χ4v) is 4.68. The first-order chi connectivity index (χ1) is 15.1. The monoisotopic (exact) mass is 474 g/mol. The molecule has 0 bridgehead atoms. The molecule has 0 aliphatic rings. The Morgan fingerprint density at radius 2 is 0.645 bits per heavy atom. The van der Waals surface area contributed by atoms with E-state index in [2.05, 4.69) is 48.5 Å². The fraction of sp³-hybridized carbons (Fsp3) is 0. The van der Waals surface area contributed by atoms with Crippen molar-refractivity contribution in [1.29, 1.82) is 0 Å². The Kier molecular flexibility index (Phi) is 6.89. The van der Waals surface area contributed by atoms with Crippen molar-refractivity contribution in [2.75, 3.05) is 0 Å². The van der Waals surface area contributed by atoms with Gasteiger partial charge in [-0.25, -0.2) is 0 Å². The van der Waals surface area contributed by atoms with Gasteiger partial charge < -0.3 is 0 Å². The van der Waals surface area contributed by atoms with E-state index in [0.29, 0.717) is 0 Å². The molecule has 4 aromatic carbocycles. The first-order valence-corrected chi connectivity index (χ1v) is 11.6. The summed E-state index contributed by atoms with van der Waals surface area (Å²) in [6.07, 6.45) is 8.04. The quantitative estimate of drug-likeness (QED) is 0.240. The van der Waals surface area contributed by atoms with Gasteiger partial charge in [-0.05, 0) is 0 Å². The first-order valence-electron chi connectivity index (χ1n) is 9.89. The van der Waals surface area contributed by atoms with Gasteiger partial charge in [0.05, 0.1) is 0 Å². The second-order valence-electron chi connectivity index (χ2n) is 7.01. The van der Waals surface area contributed by atoms with Gasteiger partial charge in [0.15, 0.2) is 0 Å². The Morgan fingerprint density at radius 1 is 0.387 bits per heavy atom. The van der Waals surface area contributed by atoms with Crippen molar-refractivity contribution in [1.82, 2.24) is 0 Å². The first kappa shape index (κ1) is 21.0. The second kappa shape index (κ2) is 10.2. The zero-order chi connectivity index (χ0) is 21.5. The number of hydrogen-bond donors (Lipinski definition) is 0. The summed E-state index contributed by atoms with van der Waals surface area (Å²) in [5.74, 6) is -0.443. The summed E-state index contributed by atoms with van der Waals surface area (Å²) in [5.41, 5.74) is 4.18. The summed E-state index contributed by atoms with van der Waals surface area (Å²) in [6.45, 7) is 0. The number of halogens is 2. The van der Waals surface area contributed by atoms with Crippen LogP contribution in [0.3, 0.4) is 0 Å². The summed E-state index contributed by atoms with van der Waals surface area (Å²) in [4.78, 5) is 0. The Balaban J connectivity index is 1.35. The molecular weight excluding hydrogens is 453 g/mol. The normalized spacial score (nSPS) is 11.4. The molecule has 0 radical (unpaired) electrons. The van der Waals surface area contributed by atoms with Crippen LogP contribution in [0.5, 0.6) is 0 Å². The summed E-state index contributed by atoms with van der Waals surface area (Å²) in [5, 5.41) is 0. The average molecular weight is 473 g/mol. The van der Waals surface area contributed by atoms with Gasteiger partial charge in [0.2, 0.25) is 0 Å². The van der Waals surface area contributed by atoms with Gasteiger partial charge in [0.25, 0.3) is 0 Å². The zero-order valence-corrected chi connectivity index (χ0v) is 18.4. The summed E-state index contributed by atoms with van der Waals surface area (Å²) in [7, 11) is 0. The van der Waals surface area contributed by atoms with Crippen LogP contribution in [0, 0.1) is 11.6 Å². The van der Waals surface area contributed by atoms with E-state index in [1.807, 2.05) is 24.3 Å². The number of benzene rings is 4. The molecule has 3 heteroatoms. The molecule has 0 aliphatic carbocycles. The molecule has 0 saturated heterocycles. The van der Waals surface area contributed by atoms with E-state index < -0.39 is 0 Å². The van der Waals surface area contributed by atoms with Crippen molar-refractivity contribution in [3.8, 4) is 0 Å². The fourth-order valence-electron chi connectivity index (χ4n) is 2.96. The molecule has 0 aromatic heterocycles. The van der Waals surface area contributed by atoms with Gasteiger partial charge in [-0.15, -0.1) is 0 Å². The second-order valence-corrected chi connectivity index (χ2v) is 9.42. The molecular formula is C28H20F2Se. The molecule has 0 amide bonds. The van der Waals surface area contributed by atoms with Crippen molar-refractivity contribution in [3.63, 3.8) is 0 Å². The van der Waals surface area contributed by atoms with Gasteiger partial charge >= 0.3 is 188 Å². The average Bonchev–Trinajstić information content (AvgIpc) is 2.80. The zero-order valence-electron chi connectivity index (χ0n) is 16.7. The molecule has 0 unspecified atom stereocenters. The molecule has 0 heterocycles. The molecule has 0 aliphatic heterocycles.